The van der Waals surface area contributed by atoms with Crippen molar-refractivity contribution in [1.82, 2.24) is 4.72 Å². The Morgan fingerprint density at radius 2 is 2.00 bits per heavy atom. The van der Waals surface area contributed by atoms with Crippen molar-refractivity contribution >= 4 is 48.4 Å². The standard InChI is InChI=1S/C9H14N2O4S4/c1-2-18(12,13)6-5-11-19(14,15)8-4-3-7(17-8)9(10)16/h3-4,11H,2,5-6H2,1H3,(H2,10,16). The zero-order chi connectivity index (χ0) is 14.7. The highest BCUT2D eigenvalue weighted by Gasteiger charge is 2.18. The number of rotatable bonds is 7. The van der Waals surface area contributed by atoms with Gasteiger partial charge in [-0.25, -0.2) is 21.6 Å². The summed E-state index contributed by atoms with van der Waals surface area (Å²) in [6.07, 6.45) is 0. The summed E-state index contributed by atoms with van der Waals surface area (Å²) in [7, 11) is -6.91. The first-order valence-electron chi connectivity index (χ1n) is 5.27. The van der Waals surface area contributed by atoms with Crippen molar-refractivity contribution < 1.29 is 16.8 Å². The van der Waals surface area contributed by atoms with Gasteiger partial charge < -0.3 is 5.73 Å². The fraction of sp³-hybridized carbons (Fsp3) is 0.444. The highest BCUT2D eigenvalue weighted by Crippen LogP contribution is 2.21. The molecule has 0 saturated heterocycles. The van der Waals surface area contributed by atoms with Gasteiger partial charge in [-0.2, -0.15) is 0 Å². The lowest BCUT2D eigenvalue weighted by Crippen LogP contribution is -2.29. The number of sulfonamides is 1. The number of sulfone groups is 1. The fourth-order valence-electron chi connectivity index (χ4n) is 1.14. The summed E-state index contributed by atoms with van der Waals surface area (Å²) in [5, 5.41) is 0. The van der Waals surface area contributed by atoms with Gasteiger partial charge in [0.05, 0.1) is 10.6 Å². The van der Waals surface area contributed by atoms with Crippen LogP contribution in [0, 0.1) is 0 Å². The van der Waals surface area contributed by atoms with E-state index in [0.29, 0.717) is 4.88 Å². The Kier molecular flexibility index (Phi) is 5.44. The van der Waals surface area contributed by atoms with Crippen LogP contribution in [0.1, 0.15) is 11.8 Å². The molecule has 0 saturated carbocycles. The lowest BCUT2D eigenvalue weighted by atomic mass is 10.5. The highest BCUT2D eigenvalue weighted by molar-refractivity contribution is 7.92. The van der Waals surface area contributed by atoms with Crippen LogP contribution in [0.4, 0.5) is 0 Å². The maximum atomic E-state index is 11.9. The lowest BCUT2D eigenvalue weighted by molar-refractivity contribution is 0.583. The van der Waals surface area contributed by atoms with Gasteiger partial charge in [0.2, 0.25) is 10.0 Å². The molecule has 1 heterocycles. The second kappa shape index (κ2) is 6.27. The van der Waals surface area contributed by atoms with Crippen LogP contribution in [0.3, 0.4) is 0 Å². The predicted molar refractivity (Wildman–Crippen MR) is 79.7 cm³/mol. The van der Waals surface area contributed by atoms with E-state index >= 15 is 0 Å². The number of thiocarbonyl (C=S) groups is 1. The molecule has 6 nitrogen and oxygen atoms in total. The Morgan fingerprint density at radius 3 is 2.47 bits per heavy atom. The smallest absolute Gasteiger partial charge is 0.250 e. The molecule has 0 unspecified atom stereocenters. The van der Waals surface area contributed by atoms with E-state index in [2.05, 4.69) is 4.72 Å². The molecule has 0 bridgehead atoms. The van der Waals surface area contributed by atoms with Crippen molar-refractivity contribution in [3.8, 4) is 0 Å². The maximum absolute atomic E-state index is 11.9. The van der Waals surface area contributed by atoms with Crippen LogP contribution in [0.15, 0.2) is 16.3 Å². The molecule has 0 atom stereocenters. The second-order valence-electron chi connectivity index (χ2n) is 3.62. The van der Waals surface area contributed by atoms with E-state index in [9.17, 15) is 16.8 Å². The molecular weight excluding hydrogens is 328 g/mol. The zero-order valence-corrected chi connectivity index (χ0v) is 13.4. The van der Waals surface area contributed by atoms with Crippen LogP contribution < -0.4 is 10.5 Å². The molecule has 1 aromatic rings. The Bertz CT molecular complexity index is 660. The van der Waals surface area contributed by atoms with Crippen LogP contribution in [0.5, 0.6) is 0 Å². The molecule has 1 aromatic heterocycles. The molecule has 19 heavy (non-hydrogen) atoms. The quantitative estimate of drug-likeness (QED) is 0.681. The zero-order valence-electron chi connectivity index (χ0n) is 10.1. The monoisotopic (exact) mass is 342 g/mol. The van der Waals surface area contributed by atoms with Crippen LogP contribution in [0.2, 0.25) is 0 Å². The summed E-state index contributed by atoms with van der Waals surface area (Å²) in [5.41, 5.74) is 5.39. The first-order valence-corrected chi connectivity index (χ1v) is 9.80. The number of nitrogens with two attached hydrogens (primary N) is 1. The third-order valence-corrected chi connectivity index (χ3v) is 7.36. The van der Waals surface area contributed by atoms with Crippen LogP contribution in [-0.4, -0.2) is 39.9 Å². The third kappa shape index (κ3) is 4.80. The van der Waals surface area contributed by atoms with Gasteiger partial charge in [-0.05, 0) is 12.1 Å². The molecule has 1 rings (SSSR count). The molecule has 108 valence electrons. The average Bonchev–Trinajstić information content (AvgIpc) is 2.78. The highest BCUT2D eigenvalue weighted by atomic mass is 32.2. The molecule has 0 radical (unpaired) electrons. The minimum Gasteiger partial charge on any atom is -0.389 e. The lowest BCUT2D eigenvalue weighted by Gasteiger charge is -2.04. The van der Waals surface area contributed by atoms with E-state index in [4.69, 9.17) is 18.0 Å². The molecule has 0 fully saturated rings. The number of hydrogen-bond acceptors (Lipinski definition) is 6. The van der Waals surface area contributed by atoms with Gasteiger partial charge in [-0.3, -0.25) is 0 Å². The number of hydrogen-bond donors (Lipinski definition) is 2. The second-order valence-corrected chi connectivity index (χ2v) is 9.61. The van der Waals surface area contributed by atoms with Crippen molar-refractivity contribution in [2.75, 3.05) is 18.1 Å². The summed E-state index contributed by atoms with van der Waals surface area (Å²) in [5.74, 6) is -0.240. The van der Waals surface area contributed by atoms with Gasteiger partial charge in [0.25, 0.3) is 0 Å². The van der Waals surface area contributed by atoms with Crippen molar-refractivity contribution in [1.29, 1.82) is 0 Å². The van der Waals surface area contributed by atoms with Crippen molar-refractivity contribution in [2.24, 2.45) is 5.73 Å². The van der Waals surface area contributed by atoms with Gasteiger partial charge in [-0.1, -0.05) is 19.1 Å². The Balaban J connectivity index is 2.73. The molecule has 10 heteroatoms. The van der Waals surface area contributed by atoms with Crippen LogP contribution >= 0.6 is 23.6 Å². The molecule has 0 aromatic carbocycles. The molecule has 0 spiro atoms. The van der Waals surface area contributed by atoms with E-state index in [1.165, 1.54) is 19.1 Å². The Hall–Kier alpha value is -0.550. The van der Waals surface area contributed by atoms with Crippen LogP contribution in [0.25, 0.3) is 0 Å². The van der Waals surface area contributed by atoms with Gasteiger partial charge in [0, 0.05) is 12.3 Å². The van der Waals surface area contributed by atoms with Gasteiger partial charge in [-0.15, -0.1) is 11.3 Å². The normalized spacial score (nSPS) is 12.5. The van der Waals surface area contributed by atoms with E-state index < -0.39 is 19.9 Å². The SMILES string of the molecule is CCS(=O)(=O)CCNS(=O)(=O)c1ccc(C(N)=S)s1. The topological polar surface area (TPSA) is 106 Å². The molecule has 0 amide bonds. The third-order valence-electron chi connectivity index (χ3n) is 2.23. The predicted octanol–water partition coefficient (Wildman–Crippen LogP) is 0.0953. The van der Waals surface area contributed by atoms with Gasteiger partial charge in [0.15, 0.2) is 9.84 Å². The van der Waals surface area contributed by atoms with Gasteiger partial charge >= 0.3 is 0 Å². The summed E-state index contributed by atoms with van der Waals surface area (Å²) in [4.78, 5) is 0.622. The largest absolute Gasteiger partial charge is 0.389 e. The maximum Gasteiger partial charge on any atom is 0.250 e. The van der Waals surface area contributed by atoms with E-state index in [1.807, 2.05) is 0 Å². The van der Waals surface area contributed by atoms with Crippen molar-refractivity contribution in [2.45, 2.75) is 11.1 Å². The van der Waals surface area contributed by atoms with E-state index in [0.717, 1.165) is 11.3 Å². The average molecular weight is 342 g/mol. The number of thiophene rings is 1. The minimum absolute atomic E-state index is 0.0146. The minimum atomic E-state index is -3.71. The molecule has 0 aliphatic rings. The van der Waals surface area contributed by atoms with E-state index in [-0.39, 0.29) is 27.2 Å². The molecule has 0 aliphatic carbocycles. The fourth-order valence-corrected chi connectivity index (χ4v) is 4.40. The Labute approximate surface area is 122 Å². The van der Waals surface area contributed by atoms with Crippen LogP contribution in [-0.2, 0) is 19.9 Å². The van der Waals surface area contributed by atoms with Crippen molar-refractivity contribution in [3.05, 3.63) is 17.0 Å². The first kappa shape index (κ1) is 16.5. The van der Waals surface area contributed by atoms with Gasteiger partial charge in [0.1, 0.15) is 9.20 Å². The first-order chi connectivity index (χ1) is 8.68. The number of nitrogens with one attached hydrogen (secondary N) is 1. The molecular formula is C9H14N2O4S4. The molecule has 3 N–H and O–H groups in total. The summed E-state index contributed by atoms with van der Waals surface area (Å²) in [6.45, 7) is 1.36. The Morgan fingerprint density at radius 1 is 1.37 bits per heavy atom. The summed E-state index contributed by atoms with van der Waals surface area (Å²) < 4.78 is 48.5. The van der Waals surface area contributed by atoms with E-state index in [1.54, 1.807) is 0 Å². The summed E-state index contributed by atoms with van der Waals surface area (Å²) >= 11 is 5.69. The summed E-state index contributed by atoms with van der Waals surface area (Å²) in [6, 6.07) is 2.90. The van der Waals surface area contributed by atoms with Crippen molar-refractivity contribution in [3.63, 3.8) is 0 Å². The molecule has 0 aliphatic heterocycles.